The molecule has 0 aliphatic rings. The second kappa shape index (κ2) is 7.60. The number of amides is 1. The van der Waals surface area contributed by atoms with Crippen molar-refractivity contribution in [3.8, 4) is 11.4 Å². The number of methoxy groups -OCH3 is 2. The minimum absolute atomic E-state index is 0.140. The van der Waals surface area contributed by atoms with Crippen LogP contribution in [-0.2, 0) is 9.53 Å². The maximum Gasteiger partial charge on any atom is 0.334 e. The van der Waals surface area contributed by atoms with Crippen LogP contribution < -0.4 is 10.1 Å². The van der Waals surface area contributed by atoms with Gasteiger partial charge in [-0.2, -0.15) is 5.10 Å². The average molecular weight is 333 g/mol. The predicted molar refractivity (Wildman–Crippen MR) is 85.6 cm³/mol. The van der Waals surface area contributed by atoms with Crippen LogP contribution in [0.3, 0.4) is 0 Å². The molecular formula is C16H19N3O5. The Labute approximate surface area is 139 Å². The Bertz CT molecular complexity index is 724. The summed E-state index contributed by atoms with van der Waals surface area (Å²) in [5, 5.41) is 15.7. The standard InChI is InChI=1S/C16H19N3O5/c1-10-8-13(15(20)17-9-14(24-3)16(21)22)18-19(10)11-4-6-12(23-2)7-5-11/h4-8,14H,9H2,1-3H3,(H,17,20)(H,21,22). The number of aliphatic carboxylic acids is 1. The lowest BCUT2D eigenvalue weighted by Gasteiger charge is -2.10. The van der Waals surface area contributed by atoms with E-state index in [9.17, 15) is 9.59 Å². The van der Waals surface area contributed by atoms with E-state index >= 15 is 0 Å². The van der Waals surface area contributed by atoms with Gasteiger partial charge in [-0.3, -0.25) is 4.79 Å². The molecule has 0 aliphatic carbocycles. The van der Waals surface area contributed by atoms with Crippen LogP contribution in [-0.4, -0.2) is 53.6 Å². The summed E-state index contributed by atoms with van der Waals surface area (Å²) in [6.07, 6.45) is -1.10. The molecule has 0 saturated carbocycles. The fourth-order valence-corrected chi connectivity index (χ4v) is 2.12. The molecule has 24 heavy (non-hydrogen) atoms. The quantitative estimate of drug-likeness (QED) is 0.784. The second-order valence-electron chi connectivity index (χ2n) is 5.05. The third-order valence-corrected chi connectivity index (χ3v) is 3.45. The number of benzene rings is 1. The number of carbonyl (C=O) groups is 2. The molecule has 8 nitrogen and oxygen atoms in total. The zero-order chi connectivity index (χ0) is 17.7. The van der Waals surface area contributed by atoms with E-state index in [1.807, 2.05) is 19.1 Å². The van der Waals surface area contributed by atoms with Gasteiger partial charge in [0.25, 0.3) is 5.91 Å². The number of carbonyl (C=O) groups excluding carboxylic acids is 1. The number of ether oxygens (including phenoxy) is 2. The van der Waals surface area contributed by atoms with E-state index in [4.69, 9.17) is 14.6 Å². The van der Waals surface area contributed by atoms with Gasteiger partial charge in [0.1, 0.15) is 5.75 Å². The molecular weight excluding hydrogens is 314 g/mol. The predicted octanol–water partition coefficient (Wildman–Crippen LogP) is 1.02. The van der Waals surface area contributed by atoms with Crippen molar-refractivity contribution < 1.29 is 24.2 Å². The number of aromatic nitrogens is 2. The number of carboxylic acids is 1. The van der Waals surface area contributed by atoms with E-state index in [2.05, 4.69) is 10.4 Å². The zero-order valence-corrected chi connectivity index (χ0v) is 13.6. The molecule has 1 aromatic heterocycles. The first-order valence-electron chi connectivity index (χ1n) is 7.21. The smallest absolute Gasteiger partial charge is 0.334 e. The van der Waals surface area contributed by atoms with Crippen LogP contribution in [0.4, 0.5) is 0 Å². The first-order valence-corrected chi connectivity index (χ1v) is 7.21. The fraction of sp³-hybridized carbons (Fsp3) is 0.312. The molecule has 2 N–H and O–H groups in total. The summed E-state index contributed by atoms with van der Waals surface area (Å²) >= 11 is 0. The van der Waals surface area contributed by atoms with Crippen molar-refractivity contribution in [3.05, 3.63) is 41.7 Å². The van der Waals surface area contributed by atoms with Crippen LogP contribution in [0.5, 0.6) is 5.75 Å². The number of hydrogen-bond acceptors (Lipinski definition) is 5. The van der Waals surface area contributed by atoms with Crippen LogP contribution in [0.15, 0.2) is 30.3 Å². The van der Waals surface area contributed by atoms with Crippen LogP contribution in [0, 0.1) is 6.92 Å². The van der Waals surface area contributed by atoms with Crippen LogP contribution in [0.1, 0.15) is 16.2 Å². The summed E-state index contributed by atoms with van der Waals surface area (Å²) in [6, 6.07) is 8.87. The highest BCUT2D eigenvalue weighted by atomic mass is 16.5. The molecule has 1 heterocycles. The van der Waals surface area contributed by atoms with Gasteiger partial charge in [0.15, 0.2) is 11.8 Å². The van der Waals surface area contributed by atoms with Gasteiger partial charge in [-0.1, -0.05) is 0 Å². The highest BCUT2D eigenvalue weighted by Gasteiger charge is 2.19. The minimum Gasteiger partial charge on any atom is -0.497 e. The molecule has 128 valence electrons. The van der Waals surface area contributed by atoms with Gasteiger partial charge >= 0.3 is 5.97 Å². The highest BCUT2D eigenvalue weighted by molar-refractivity contribution is 5.92. The Hall–Kier alpha value is -2.87. The van der Waals surface area contributed by atoms with Gasteiger partial charge in [0.05, 0.1) is 19.3 Å². The van der Waals surface area contributed by atoms with Gasteiger partial charge in [0.2, 0.25) is 0 Å². The van der Waals surface area contributed by atoms with Gasteiger partial charge in [-0.05, 0) is 37.3 Å². The summed E-state index contributed by atoms with van der Waals surface area (Å²) in [5.74, 6) is -0.882. The van der Waals surface area contributed by atoms with E-state index in [0.29, 0.717) is 0 Å². The van der Waals surface area contributed by atoms with Crippen molar-refractivity contribution in [2.45, 2.75) is 13.0 Å². The minimum atomic E-state index is -1.14. The van der Waals surface area contributed by atoms with Crippen molar-refractivity contribution >= 4 is 11.9 Å². The van der Waals surface area contributed by atoms with E-state index in [1.54, 1.807) is 30.0 Å². The molecule has 0 saturated heterocycles. The van der Waals surface area contributed by atoms with Crippen LogP contribution >= 0.6 is 0 Å². The van der Waals surface area contributed by atoms with Gasteiger partial charge < -0.3 is 19.9 Å². The van der Waals surface area contributed by atoms with Crippen molar-refractivity contribution in [2.75, 3.05) is 20.8 Å². The second-order valence-corrected chi connectivity index (χ2v) is 5.05. The molecule has 2 rings (SSSR count). The van der Waals surface area contributed by atoms with Crippen molar-refractivity contribution in [2.24, 2.45) is 0 Å². The van der Waals surface area contributed by atoms with E-state index in [1.165, 1.54) is 7.11 Å². The third-order valence-electron chi connectivity index (χ3n) is 3.45. The van der Waals surface area contributed by atoms with Gasteiger partial charge in [-0.15, -0.1) is 0 Å². The molecule has 0 radical (unpaired) electrons. The molecule has 1 amide bonds. The number of nitrogens with zero attached hydrogens (tertiary/aromatic N) is 2. The molecule has 2 aromatic rings. The lowest BCUT2D eigenvalue weighted by Crippen LogP contribution is -2.38. The average Bonchev–Trinajstić information content (AvgIpc) is 2.97. The first-order chi connectivity index (χ1) is 11.5. The molecule has 1 aromatic carbocycles. The number of carboxylic acid groups (broad SMARTS) is 1. The van der Waals surface area contributed by atoms with Crippen LogP contribution in [0.2, 0.25) is 0 Å². The van der Waals surface area contributed by atoms with Crippen molar-refractivity contribution in [1.29, 1.82) is 0 Å². The normalized spacial score (nSPS) is 11.8. The summed E-state index contributed by atoms with van der Waals surface area (Å²) in [5.41, 5.74) is 1.75. The molecule has 0 fully saturated rings. The Morgan fingerprint density at radius 3 is 2.50 bits per heavy atom. The summed E-state index contributed by atoms with van der Waals surface area (Å²) in [6.45, 7) is 1.68. The van der Waals surface area contributed by atoms with E-state index in [-0.39, 0.29) is 12.2 Å². The SMILES string of the molecule is COc1ccc(-n2nc(C(=O)NCC(OC)C(=O)O)cc2C)cc1. The molecule has 8 heteroatoms. The maximum atomic E-state index is 12.1. The lowest BCUT2D eigenvalue weighted by atomic mass is 10.3. The number of hydrogen-bond donors (Lipinski definition) is 2. The Kier molecular flexibility index (Phi) is 5.54. The van der Waals surface area contributed by atoms with Crippen molar-refractivity contribution in [3.63, 3.8) is 0 Å². The first kappa shape index (κ1) is 17.5. The molecule has 1 atom stereocenters. The van der Waals surface area contributed by atoms with E-state index in [0.717, 1.165) is 17.1 Å². The summed E-state index contributed by atoms with van der Waals surface area (Å²) < 4.78 is 11.5. The molecule has 0 spiro atoms. The fourth-order valence-electron chi connectivity index (χ4n) is 2.12. The monoisotopic (exact) mass is 333 g/mol. The number of aryl methyl sites for hydroxylation is 1. The van der Waals surface area contributed by atoms with Crippen molar-refractivity contribution in [1.82, 2.24) is 15.1 Å². The topological polar surface area (TPSA) is 103 Å². The zero-order valence-electron chi connectivity index (χ0n) is 13.6. The van der Waals surface area contributed by atoms with E-state index < -0.39 is 18.0 Å². The lowest BCUT2D eigenvalue weighted by molar-refractivity contribution is -0.148. The number of rotatable bonds is 7. The maximum absolute atomic E-state index is 12.1. The Morgan fingerprint density at radius 1 is 1.29 bits per heavy atom. The van der Waals surface area contributed by atoms with Crippen LogP contribution in [0.25, 0.3) is 5.69 Å². The molecule has 0 aliphatic heterocycles. The summed E-state index contributed by atoms with van der Waals surface area (Å²) in [4.78, 5) is 23.0. The largest absolute Gasteiger partial charge is 0.497 e. The van der Waals surface area contributed by atoms with Gasteiger partial charge in [0, 0.05) is 12.8 Å². The Balaban J connectivity index is 2.12. The highest BCUT2D eigenvalue weighted by Crippen LogP contribution is 2.16. The number of nitrogens with one attached hydrogen (secondary N) is 1. The summed E-state index contributed by atoms with van der Waals surface area (Å²) in [7, 11) is 2.86. The molecule has 0 bridgehead atoms. The molecule has 1 unspecified atom stereocenters. The van der Waals surface area contributed by atoms with Gasteiger partial charge in [-0.25, -0.2) is 9.48 Å². The Morgan fingerprint density at radius 2 is 1.96 bits per heavy atom. The third kappa shape index (κ3) is 3.90.